The smallest absolute Gasteiger partial charge is 0.358 e. The maximum atomic E-state index is 11.3. The normalized spacial score (nSPS) is 11.2. The van der Waals surface area contributed by atoms with Gasteiger partial charge in [0.1, 0.15) is 5.65 Å². The Morgan fingerprint density at radius 2 is 1.83 bits per heavy atom. The van der Waals surface area contributed by atoms with E-state index in [4.69, 9.17) is 0 Å². The minimum Gasteiger partial charge on any atom is -0.476 e. The average molecular weight is 308 g/mol. The molecule has 2 aromatic heterocycles. The van der Waals surface area contributed by atoms with Gasteiger partial charge in [-0.2, -0.15) is 0 Å². The summed E-state index contributed by atoms with van der Waals surface area (Å²) in [6, 6.07) is 11.8. The molecule has 0 aliphatic rings. The summed E-state index contributed by atoms with van der Waals surface area (Å²) in [5.74, 6) is -1.07. The number of Topliss-reactive ketones (excluding diaryl/α,β-unsaturated/α-hetero) is 1. The molecule has 0 saturated carbocycles. The summed E-state index contributed by atoms with van der Waals surface area (Å²) in [5, 5.41) is 17.3. The third kappa shape index (κ3) is 2.84. The number of hydrogen-bond acceptors (Lipinski definition) is 5. The number of hydrogen-bond donors (Lipinski definition) is 1. The van der Waals surface area contributed by atoms with Gasteiger partial charge >= 0.3 is 5.97 Å². The molecule has 0 bridgehead atoms. The van der Waals surface area contributed by atoms with Crippen LogP contribution in [0.25, 0.3) is 5.65 Å². The summed E-state index contributed by atoms with van der Waals surface area (Å²) in [4.78, 5) is 26.6. The number of fused-ring (bicyclic) bond motifs is 1. The van der Waals surface area contributed by atoms with Gasteiger partial charge < -0.3 is 5.11 Å². The van der Waals surface area contributed by atoms with Crippen molar-refractivity contribution in [1.82, 2.24) is 9.38 Å². The number of nitrogens with zero attached hydrogens (tertiary/aromatic N) is 4. The van der Waals surface area contributed by atoms with E-state index in [1.807, 2.05) is 0 Å². The summed E-state index contributed by atoms with van der Waals surface area (Å²) in [7, 11) is 0. The van der Waals surface area contributed by atoms with Crippen LogP contribution in [0, 0.1) is 0 Å². The van der Waals surface area contributed by atoms with Gasteiger partial charge in [-0.1, -0.05) is 6.07 Å². The zero-order valence-corrected chi connectivity index (χ0v) is 12.2. The van der Waals surface area contributed by atoms with E-state index in [9.17, 15) is 14.7 Å². The standard InChI is InChI=1S/C16H12N4O3/c1-10(21)11-5-7-12(8-6-11)18-19-15-14(16(22)23)17-13-4-2-3-9-20(13)15/h2-9H,1H3,(H,22,23). The largest absolute Gasteiger partial charge is 0.476 e. The molecule has 0 saturated heterocycles. The van der Waals surface area contributed by atoms with E-state index in [1.54, 1.807) is 53.1 Å². The molecule has 0 fully saturated rings. The fraction of sp³-hybridized carbons (Fsp3) is 0.0625. The summed E-state index contributed by atoms with van der Waals surface area (Å²) in [5.41, 5.74) is 1.40. The Balaban J connectivity index is 2.01. The molecule has 0 atom stereocenters. The monoisotopic (exact) mass is 308 g/mol. The highest BCUT2D eigenvalue weighted by molar-refractivity contribution is 5.94. The first-order valence-electron chi connectivity index (χ1n) is 6.79. The van der Waals surface area contributed by atoms with Crippen LogP contribution in [-0.2, 0) is 0 Å². The number of carbonyl (C=O) groups is 2. The maximum Gasteiger partial charge on any atom is 0.358 e. The molecule has 3 rings (SSSR count). The number of carbonyl (C=O) groups excluding carboxylic acids is 1. The van der Waals surface area contributed by atoms with E-state index in [0.717, 1.165) is 0 Å². The van der Waals surface area contributed by atoms with Crippen molar-refractivity contribution in [3.8, 4) is 0 Å². The first-order valence-corrected chi connectivity index (χ1v) is 6.79. The van der Waals surface area contributed by atoms with Crippen LogP contribution in [-0.4, -0.2) is 26.2 Å². The predicted octanol–water partition coefficient (Wildman–Crippen LogP) is 3.65. The first kappa shape index (κ1) is 14.6. The molecule has 7 nitrogen and oxygen atoms in total. The van der Waals surface area contributed by atoms with Gasteiger partial charge in [0.05, 0.1) is 5.69 Å². The minimum atomic E-state index is -1.17. The Hall–Kier alpha value is -3.35. The van der Waals surface area contributed by atoms with Crippen LogP contribution in [0.4, 0.5) is 11.5 Å². The summed E-state index contributed by atoms with van der Waals surface area (Å²) in [6.45, 7) is 1.48. The molecule has 1 N–H and O–H groups in total. The molecule has 2 heterocycles. The quantitative estimate of drug-likeness (QED) is 0.587. The molecule has 3 aromatic rings. The van der Waals surface area contributed by atoms with E-state index in [2.05, 4.69) is 15.2 Å². The van der Waals surface area contributed by atoms with Crippen molar-refractivity contribution in [1.29, 1.82) is 0 Å². The Bertz CT molecular complexity index is 926. The third-order valence-corrected chi connectivity index (χ3v) is 3.24. The van der Waals surface area contributed by atoms with Crippen LogP contribution < -0.4 is 0 Å². The SMILES string of the molecule is CC(=O)c1ccc(N=Nc2c(C(=O)O)nc3ccccn23)cc1. The number of carboxylic acids is 1. The maximum absolute atomic E-state index is 11.3. The number of azo groups is 1. The van der Waals surface area contributed by atoms with Crippen molar-refractivity contribution >= 4 is 28.9 Å². The predicted molar refractivity (Wildman–Crippen MR) is 82.8 cm³/mol. The Labute approximate surface area is 130 Å². The minimum absolute atomic E-state index is 0.0385. The van der Waals surface area contributed by atoms with Gasteiger partial charge in [-0.15, -0.1) is 10.2 Å². The summed E-state index contributed by atoms with van der Waals surface area (Å²) < 4.78 is 1.55. The summed E-state index contributed by atoms with van der Waals surface area (Å²) in [6.07, 6.45) is 1.67. The van der Waals surface area contributed by atoms with E-state index in [-0.39, 0.29) is 17.3 Å². The topological polar surface area (TPSA) is 96.4 Å². The molecular weight excluding hydrogens is 296 g/mol. The van der Waals surface area contributed by atoms with E-state index < -0.39 is 5.97 Å². The number of aromatic nitrogens is 2. The van der Waals surface area contributed by atoms with Crippen molar-refractivity contribution in [2.75, 3.05) is 0 Å². The summed E-state index contributed by atoms with van der Waals surface area (Å²) >= 11 is 0. The molecule has 0 radical (unpaired) electrons. The van der Waals surface area contributed by atoms with Gasteiger partial charge in [-0.25, -0.2) is 9.78 Å². The van der Waals surface area contributed by atoms with Gasteiger partial charge in [0.15, 0.2) is 17.3 Å². The van der Waals surface area contributed by atoms with E-state index >= 15 is 0 Å². The average Bonchev–Trinajstić information content (AvgIpc) is 2.92. The number of benzene rings is 1. The van der Waals surface area contributed by atoms with Gasteiger partial charge in [0.25, 0.3) is 0 Å². The number of rotatable bonds is 4. The lowest BCUT2D eigenvalue weighted by Gasteiger charge is -1.97. The fourth-order valence-corrected chi connectivity index (χ4v) is 2.09. The molecule has 0 aliphatic carbocycles. The lowest BCUT2D eigenvalue weighted by atomic mass is 10.1. The zero-order valence-electron chi connectivity index (χ0n) is 12.2. The van der Waals surface area contributed by atoms with Crippen LogP contribution in [0.5, 0.6) is 0 Å². The molecule has 7 heteroatoms. The van der Waals surface area contributed by atoms with Crippen LogP contribution in [0.3, 0.4) is 0 Å². The molecule has 0 amide bonds. The molecule has 114 valence electrons. The van der Waals surface area contributed by atoms with E-state index in [1.165, 1.54) is 6.92 Å². The second kappa shape index (κ2) is 5.80. The van der Waals surface area contributed by atoms with E-state index in [0.29, 0.717) is 16.9 Å². The highest BCUT2D eigenvalue weighted by Crippen LogP contribution is 2.24. The second-order valence-corrected chi connectivity index (χ2v) is 4.82. The van der Waals surface area contributed by atoms with Crippen molar-refractivity contribution in [3.05, 3.63) is 59.9 Å². The highest BCUT2D eigenvalue weighted by Gasteiger charge is 2.17. The lowest BCUT2D eigenvalue weighted by molar-refractivity contribution is 0.0692. The third-order valence-electron chi connectivity index (χ3n) is 3.24. The lowest BCUT2D eigenvalue weighted by Crippen LogP contribution is -1.96. The molecule has 0 unspecified atom stereocenters. The van der Waals surface area contributed by atoms with Crippen LogP contribution in [0.1, 0.15) is 27.8 Å². The van der Waals surface area contributed by atoms with Gasteiger partial charge in [0.2, 0.25) is 0 Å². The van der Waals surface area contributed by atoms with Crippen molar-refractivity contribution < 1.29 is 14.7 Å². The zero-order chi connectivity index (χ0) is 16.4. The number of ketones is 1. The number of pyridine rings is 1. The molecular formula is C16H12N4O3. The highest BCUT2D eigenvalue weighted by atomic mass is 16.4. The Kier molecular flexibility index (Phi) is 3.68. The molecule has 0 spiro atoms. The number of imidazole rings is 1. The van der Waals surface area contributed by atoms with Gasteiger partial charge in [-0.3, -0.25) is 9.20 Å². The van der Waals surface area contributed by atoms with Crippen LogP contribution in [0.2, 0.25) is 0 Å². The van der Waals surface area contributed by atoms with Crippen LogP contribution in [0.15, 0.2) is 58.9 Å². The van der Waals surface area contributed by atoms with Crippen molar-refractivity contribution in [2.45, 2.75) is 6.92 Å². The molecule has 1 aromatic carbocycles. The van der Waals surface area contributed by atoms with Gasteiger partial charge in [-0.05, 0) is 43.3 Å². The molecule has 0 aliphatic heterocycles. The van der Waals surface area contributed by atoms with Crippen LogP contribution >= 0.6 is 0 Å². The number of carboxylic acid groups (broad SMARTS) is 1. The van der Waals surface area contributed by atoms with Crippen molar-refractivity contribution in [2.24, 2.45) is 10.2 Å². The Morgan fingerprint density at radius 1 is 1.09 bits per heavy atom. The molecule has 23 heavy (non-hydrogen) atoms. The van der Waals surface area contributed by atoms with Crippen molar-refractivity contribution in [3.63, 3.8) is 0 Å². The fourth-order valence-electron chi connectivity index (χ4n) is 2.09. The first-order chi connectivity index (χ1) is 11.1. The Morgan fingerprint density at radius 3 is 2.48 bits per heavy atom. The van der Waals surface area contributed by atoms with Gasteiger partial charge in [0, 0.05) is 11.8 Å². The second-order valence-electron chi connectivity index (χ2n) is 4.82. The number of aromatic carboxylic acids is 1.